The number of hydrogen-bond acceptors (Lipinski definition) is 3. The first-order chi connectivity index (χ1) is 9.54. The smallest absolute Gasteiger partial charge is 0.143 e. The number of nitrogens with two attached hydrogens (primary N) is 1. The number of aromatic nitrogens is 1. The summed E-state index contributed by atoms with van der Waals surface area (Å²) < 4.78 is 8.92. The van der Waals surface area contributed by atoms with Gasteiger partial charge in [-0.2, -0.15) is 0 Å². The molecular formula is C14H11Br3N2O. The highest BCUT2D eigenvalue weighted by Gasteiger charge is 2.29. The van der Waals surface area contributed by atoms with Crippen LogP contribution in [-0.2, 0) is 0 Å². The molecule has 1 aliphatic rings. The van der Waals surface area contributed by atoms with Crippen molar-refractivity contribution in [2.75, 3.05) is 0 Å². The maximum Gasteiger partial charge on any atom is 0.143 e. The van der Waals surface area contributed by atoms with E-state index in [0.29, 0.717) is 6.42 Å². The molecule has 104 valence electrons. The summed E-state index contributed by atoms with van der Waals surface area (Å²) in [7, 11) is 0. The Morgan fingerprint density at radius 3 is 2.70 bits per heavy atom. The van der Waals surface area contributed by atoms with Crippen LogP contribution < -0.4 is 10.5 Å². The van der Waals surface area contributed by atoms with Crippen LogP contribution in [-0.4, -0.2) is 4.98 Å². The Balaban J connectivity index is 1.97. The molecule has 2 N–H and O–H groups in total. The predicted molar refractivity (Wildman–Crippen MR) is 88.7 cm³/mol. The third-order valence-corrected chi connectivity index (χ3v) is 4.81. The van der Waals surface area contributed by atoms with Crippen LogP contribution >= 0.6 is 47.8 Å². The zero-order chi connectivity index (χ0) is 14.3. The molecule has 20 heavy (non-hydrogen) atoms. The highest BCUT2D eigenvalue weighted by molar-refractivity contribution is 9.11. The third kappa shape index (κ3) is 2.79. The number of benzene rings is 1. The first kappa shape index (κ1) is 14.5. The van der Waals surface area contributed by atoms with Gasteiger partial charge in [0.05, 0.1) is 5.69 Å². The molecule has 0 spiro atoms. The molecule has 2 aromatic rings. The van der Waals surface area contributed by atoms with E-state index in [4.69, 9.17) is 10.5 Å². The van der Waals surface area contributed by atoms with Crippen molar-refractivity contribution in [3.8, 4) is 5.75 Å². The zero-order valence-corrected chi connectivity index (χ0v) is 15.1. The van der Waals surface area contributed by atoms with Gasteiger partial charge < -0.3 is 10.5 Å². The van der Waals surface area contributed by atoms with E-state index in [1.165, 1.54) is 0 Å². The molecule has 1 aliphatic heterocycles. The molecule has 3 rings (SSSR count). The number of ether oxygens (including phenoxy) is 1. The van der Waals surface area contributed by atoms with E-state index in [9.17, 15) is 0 Å². The fourth-order valence-corrected chi connectivity index (χ4v) is 3.93. The first-order valence-electron chi connectivity index (χ1n) is 6.07. The van der Waals surface area contributed by atoms with E-state index in [1.54, 1.807) is 6.20 Å². The number of hydrogen-bond donors (Lipinski definition) is 1. The molecule has 3 nitrogen and oxygen atoms in total. The van der Waals surface area contributed by atoms with E-state index in [-0.39, 0.29) is 12.1 Å². The first-order valence-corrected chi connectivity index (χ1v) is 8.45. The summed E-state index contributed by atoms with van der Waals surface area (Å²) in [4.78, 5) is 4.44. The molecule has 1 aromatic heterocycles. The summed E-state index contributed by atoms with van der Waals surface area (Å²) in [5.74, 6) is 0.827. The van der Waals surface area contributed by atoms with Gasteiger partial charge in [0.15, 0.2) is 0 Å². The molecule has 0 fully saturated rings. The molecule has 0 amide bonds. The van der Waals surface area contributed by atoms with Crippen molar-refractivity contribution in [1.29, 1.82) is 0 Å². The average Bonchev–Trinajstić information content (AvgIpc) is 2.39. The van der Waals surface area contributed by atoms with Crippen molar-refractivity contribution >= 4 is 47.8 Å². The van der Waals surface area contributed by atoms with Crippen LogP contribution in [0.2, 0.25) is 0 Å². The van der Waals surface area contributed by atoms with Gasteiger partial charge in [-0.3, -0.25) is 4.98 Å². The molecule has 2 heterocycles. The van der Waals surface area contributed by atoms with Crippen molar-refractivity contribution in [2.24, 2.45) is 5.73 Å². The van der Waals surface area contributed by atoms with Crippen molar-refractivity contribution in [1.82, 2.24) is 4.98 Å². The van der Waals surface area contributed by atoms with Crippen molar-refractivity contribution in [3.63, 3.8) is 0 Å². The summed E-state index contributed by atoms with van der Waals surface area (Å²) >= 11 is 10.4. The molecule has 0 saturated heterocycles. The number of halogens is 3. The molecule has 2 atom stereocenters. The Kier molecular flexibility index (Phi) is 4.17. The molecule has 0 saturated carbocycles. The standard InChI is InChI=1S/C14H11Br3N2O/c15-7-1-2-12-9(3-7)11(18)5-13(20-12)14-10(17)4-8(16)6-19-14/h1-4,6,11,13H,5,18H2. The lowest BCUT2D eigenvalue weighted by Gasteiger charge is -2.30. The summed E-state index contributed by atoms with van der Waals surface area (Å²) in [5, 5.41) is 0. The Hall–Kier alpha value is -0.430. The highest BCUT2D eigenvalue weighted by Crippen LogP contribution is 2.41. The topological polar surface area (TPSA) is 48.1 Å². The van der Waals surface area contributed by atoms with Crippen LogP contribution in [0.25, 0.3) is 0 Å². The maximum absolute atomic E-state index is 6.27. The molecule has 1 aromatic carbocycles. The Morgan fingerprint density at radius 1 is 1.15 bits per heavy atom. The second kappa shape index (κ2) is 5.75. The fraction of sp³-hybridized carbons (Fsp3) is 0.214. The maximum atomic E-state index is 6.27. The van der Waals surface area contributed by atoms with Crippen molar-refractivity contribution in [3.05, 3.63) is 55.1 Å². The highest BCUT2D eigenvalue weighted by atomic mass is 79.9. The van der Waals surface area contributed by atoms with Crippen LogP contribution in [0.5, 0.6) is 5.75 Å². The van der Waals surface area contributed by atoms with Gasteiger partial charge in [0.1, 0.15) is 11.9 Å². The van der Waals surface area contributed by atoms with Gasteiger partial charge in [0.25, 0.3) is 0 Å². The summed E-state index contributed by atoms with van der Waals surface area (Å²) in [6, 6.07) is 7.82. The van der Waals surface area contributed by atoms with E-state index in [1.807, 2.05) is 24.3 Å². The lowest BCUT2D eigenvalue weighted by atomic mass is 9.96. The van der Waals surface area contributed by atoms with E-state index >= 15 is 0 Å². The predicted octanol–water partition coefficient (Wildman–Crippen LogP) is 4.89. The monoisotopic (exact) mass is 460 g/mol. The number of nitrogens with zero attached hydrogens (tertiary/aromatic N) is 1. The van der Waals surface area contributed by atoms with Gasteiger partial charge in [-0.25, -0.2) is 0 Å². The molecule has 2 unspecified atom stereocenters. The van der Waals surface area contributed by atoms with Crippen LogP contribution in [0, 0.1) is 0 Å². The van der Waals surface area contributed by atoms with Crippen molar-refractivity contribution in [2.45, 2.75) is 18.6 Å². The number of fused-ring (bicyclic) bond motifs is 1. The van der Waals surface area contributed by atoms with Crippen LogP contribution in [0.3, 0.4) is 0 Å². The summed E-state index contributed by atoms with van der Waals surface area (Å²) in [5.41, 5.74) is 8.17. The minimum Gasteiger partial charge on any atom is -0.484 e. The molecule has 0 bridgehead atoms. The van der Waals surface area contributed by atoms with E-state index in [2.05, 4.69) is 52.8 Å². The molecule has 0 aliphatic carbocycles. The van der Waals surface area contributed by atoms with Gasteiger partial charge in [-0.1, -0.05) is 15.9 Å². The number of pyridine rings is 1. The molecular weight excluding hydrogens is 452 g/mol. The van der Waals surface area contributed by atoms with Crippen LogP contribution in [0.4, 0.5) is 0 Å². The van der Waals surface area contributed by atoms with E-state index in [0.717, 1.165) is 30.4 Å². The number of rotatable bonds is 1. The van der Waals surface area contributed by atoms with Gasteiger partial charge in [0, 0.05) is 37.6 Å². The lowest BCUT2D eigenvalue weighted by Crippen LogP contribution is -2.25. The fourth-order valence-electron chi connectivity index (χ4n) is 2.30. The van der Waals surface area contributed by atoms with Gasteiger partial charge in [0.2, 0.25) is 0 Å². The minimum absolute atomic E-state index is 0.0569. The lowest BCUT2D eigenvalue weighted by molar-refractivity contribution is 0.156. The molecule has 6 heteroatoms. The average molecular weight is 463 g/mol. The zero-order valence-electron chi connectivity index (χ0n) is 10.3. The Labute approximate surface area is 142 Å². The van der Waals surface area contributed by atoms with Crippen LogP contribution in [0.15, 0.2) is 43.9 Å². The summed E-state index contributed by atoms with van der Waals surface area (Å²) in [6.07, 6.45) is 2.34. The molecule has 0 radical (unpaired) electrons. The SMILES string of the molecule is NC1CC(c2ncc(Br)cc2Br)Oc2ccc(Br)cc21. The second-order valence-corrected chi connectivity index (χ2v) is 7.34. The Bertz CT molecular complexity index is 663. The Morgan fingerprint density at radius 2 is 1.95 bits per heavy atom. The largest absolute Gasteiger partial charge is 0.484 e. The third-order valence-electron chi connectivity index (χ3n) is 3.25. The van der Waals surface area contributed by atoms with E-state index < -0.39 is 0 Å². The van der Waals surface area contributed by atoms with Crippen molar-refractivity contribution < 1.29 is 4.74 Å². The van der Waals surface area contributed by atoms with Gasteiger partial charge >= 0.3 is 0 Å². The van der Waals surface area contributed by atoms with Gasteiger partial charge in [-0.15, -0.1) is 0 Å². The normalized spacial score (nSPS) is 21.2. The summed E-state index contributed by atoms with van der Waals surface area (Å²) in [6.45, 7) is 0. The minimum atomic E-state index is -0.138. The second-order valence-electron chi connectivity index (χ2n) is 4.65. The quantitative estimate of drug-likeness (QED) is 0.656. The van der Waals surface area contributed by atoms with Gasteiger partial charge in [-0.05, 0) is 56.1 Å². The van der Waals surface area contributed by atoms with Crippen LogP contribution in [0.1, 0.15) is 29.8 Å².